The third-order valence-corrected chi connectivity index (χ3v) is 3.14. The van der Waals surface area contributed by atoms with E-state index in [0.29, 0.717) is 0 Å². The maximum absolute atomic E-state index is 11.0. The number of nitrogens with one attached hydrogen (secondary N) is 1. The summed E-state index contributed by atoms with van der Waals surface area (Å²) in [4.78, 5) is 0. The zero-order valence-electron chi connectivity index (χ0n) is 8.84. The molecule has 0 rings (SSSR count). The summed E-state index contributed by atoms with van der Waals surface area (Å²) < 4.78 is 16.1. The molecule has 13 heavy (non-hydrogen) atoms. The predicted molar refractivity (Wildman–Crippen MR) is 57.5 cm³/mol. The highest BCUT2D eigenvalue weighted by molar-refractivity contribution is 7.84. The van der Waals surface area contributed by atoms with Gasteiger partial charge in [0.15, 0.2) is 0 Å². The maximum atomic E-state index is 11.0. The van der Waals surface area contributed by atoms with E-state index in [2.05, 4.69) is 5.32 Å². The Morgan fingerprint density at radius 3 is 2.77 bits per heavy atom. The van der Waals surface area contributed by atoms with Crippen molar-refractivity contribution in [2.24, 2.45) is 0 Å². The normalized spacial score (nSPS) is 15.6. The standard InChI is InChI=1S/C9H21NO2S/c1-4-12-7-5-6-10-8-9(2)13(3)11/h9-10H,4-8H2,1-3H3. The van der Waals surface area contributed by atoms with Crippen molar-refractivity contribution in [3.8, 4) is 0 Å². The van der Waals surface area contributed by atoms with Gasteiger partial charge in [-0.1, -0.05) is 0 Å². The van der Waals surface area contributed by atoms with Gasteiger partial charge < -0.3 is 10.1 Å². The number of rotatable bonds is 8. The Bertz CT molecular complexity index is 142. The number of hydrogen-bond acceptors (Lipinski definition) is 3. The number of ether oxygens (including phenoxy) is 1. The summed E-state index contributed by atoms with van der Waals surface area (Å²) in [6.45, 7) is 7.36. The van der Waals surface area contributed by atoms with Gasteiger partial charge in [0.05, 0.1) is 0 Å². The third kappa shape index (κ3) is 8.40. The highest BCUT2D eigenvalue weighted by Gasteiger charge is 2.03. The van der Waals surface area contributed by atoms with Gasteiger partial charge in [-0.05, 0) is 26.8 Å². The van der Waals surface area contributed by atoms with Crippen LogP contribution in [0.1, 0.15) is 20.3 Å². The van der Waals surface area contributed by atoms with Crippen molar-refractivity contribution in [2.75, 3.05) is 32.6 Å². The van der Waals surface area contributed by atoms with Gasteiger partial charge in [-0.15, -0.1) is 0 Å². The molecule has 80 valence electrons. The van der Waals surface area contributed by atoms with Crippen molar-refractivity contribution in [1.29, 1.82) is 0 Å². The van der Waals surface area contributed by atoms with E-state index in [9.17, 15) is 4.21 Å². The van der Waals surface area contributed by atoms with E-state index in [1.165, 1.54) is 0 Å². The first-order valence-electron chi connectivity index (χ1n) is 4.79. The van der Waals surface area contributed by atoms with Gasteiger partial charge in [0.1, 0.15) is 0 Å². The van der Waals surface area contributed by atoms with E-state index >= 15 is 0 Å². The lowest BCUT2D eigenvalue weighted by atomic mass is 10.4. The van der Waals surface area contributed by atoms with Crippen molar-refractivity contribution in [3.05, 3.63) is 0 Å². The molecule has 2 unspecified atom stereocenters. The first kappa shape index (κ1) is 13.1. The topological polar surface area (TPSA) is 38.3 Å². The van der Waals surface area contributed by atoms with Crippen LogP contribution in [0.3, 0.4) is 0 Å². The monoisotopic (exact) mass is 207 g/mol. The molecule has 0 spiro atoms. The molecule has 4 heteroatoms. The maximum Gasteiger partial charge on any atom is 0.0477 e. The molecule has 0 amide bonds. The quantitative estimate of drug-likeness (QED) is 0.598. The largest absolute Gasteiger partial charge is 0.382 e. The summed E-state index contributed by atoms with van der Waals surface area (Å²) in [6, 6.07) is 0. The van der Waals surface area contributed by atoms with Crippen LogP contribution in [0.2, 0.25) is 0 Å². The molecule has 0 aromatic heterocycles. The molecule has 0 aliphatic carbocycles. The molecular weight excluding hydrogens is 186 g/mol. The second-order valence-corrected chi connectivity index (χ2v) is 4.87. The summed E-state index contributed by atoms with van der Waals surface area (Å²) in [6.07, 6.45) is 2.77. The molecule has 0 fully saturated rings. The molecule has 0 heterocycles. The second kappa shape index (κ2) is 8.66. The van der Waals surface area contributed by atoms with Crippen LogP contribution in [0.4, 0.5) is 0 Å². The Balaban J connectivity index is 3.11. The minimum atomic E-state index is -0.713. The Kier molecular flexibility index (Phi) is 8.71. The summed E-state index contributed by atoms with van der Waals surface area (Å²) in [5.41, 5.74) is 0. The molecule has 2 atom stereocenters. The van der Waals surface area contributed by atoms with Crippen molar-refractivity contribution in [3.63, 3.8) is 0 Å². The van der Waals surface area contributed by atoms with Crippen LogP contribution in [0, 0.1) is 0 Å². The fraction of sp³-hybridized carbons (Fsp3) is 1.00. The average Bonchev–Trinajstić information content (AvgIpc) is 2.10. The Morgan fingerprint density at radius 2 is 2.23 bits per heavy atom. The van der Waals surface area contributed by atoms with Gasteiger partial charge in [-0.3, -0.25) is 4.21 Å². The Morgan fingerprint density at radius 1 is 1.54 bits per heavy atom. The molecule has 0 saturated heterocycles. The highest BCUT2D eigenvalue weighted by Crippen LogP contribution is 1.89. The zero-order valence-corrected chi connectivity index (χ0v) is 9.65. The van der Waals surface area contributed by atoms with Gasteiger partial charge in [-0.25, -0.2) is 0 Å². The lowest BCUT2D eigenvalue weighted by Crippen LogP contribution is -2.28. The van der Waals surface area contributed by atoms with E-state index in [0.717, 1.165) is 32.7 Å². The Labute approximate surface area is 83.7 Å². The van der Waals surface area contributed by atoms with Crippen LogP contribution in [-0.4, -0.2) is 42.0 Å². The lowest BCUT2D eigenvalue weighted by Gasteiger charge is -2.09. The second-order valence-electron chi connectivity index (χ2n) is 3.06. The fourth-order valence-electron chi connectivity index (χ4n) is 0.866. The molecule has 3 nitrogen and oxygen atoms in total. The smallest absolute Gasteiger partial charge is 0.0477 e. The van der Waals surface area contributed by atoms with E-state index in [1.807, 2.05) is 13.8 Å². The molecule has 0 aromatic carbocycles. The summed E-state index contributed by atoms with van der Waals surface area (Å²) in [7, 11) is -0.713. The molecule has 0 saturated carbocycles. The van der Waals surface area contributed by atoms with Crippen LogP contribution in [0.25, 0.3) is 0 Å². The molecule has 0 aliphatic heterocycles. The van der Waals surface area contributed by atoms with E-state index in [-0.39, 0.29) is 5.25 Å². The van der Waals surface area contributed by atoms with Gasteiger partial charge >= 0.3 is 0 Å². The summed E-state index contributed by atoms with van der Waals surface area (Å²) in [5, 5.41) is 3.50. The van der Waals surface area contributed by atoms with E-state index in [4.69, 9.17) is 4.74 Å². The first-order chi connectivity index (χ1) is 6.18. The van der Waals surface area contributed by atoms with Crippen LogP contribution < -0.4 is 5.32 Å². The van der Waals surface area contributed by atoms with Gasteiger partial charge in [0.2, 0.25) is 0 Å². The van der Waals surface area contributed by atoms with E-state index in [1.54, 1.807) is 6.26 Å². The molecule has 0 radical (unpaired) electrons. The fourth-order valence-corrected chi connectivity index (χ4v) is 1.22. The minimum Gasteiger partial charge on any atom is -0.382 e. The van der Waals surface area contributed by atoms with Gasteiger partial charge in [0, 0.05) is 42.1 Å². The molecule has 0 bridgehead atoms. The Hall–Kier alpha value is 0.0700. The summed E-state index contributed by atoms with van der Waals surface area (Å²) in [5.74, 6) is 0. The van der Waals surface area contributed by atoms with Crippen LogP contribution in [0.5, 0.6) is 0 Å². The number of hydrogen-bond donors (Lipinski definition) is 1. The van der Waals surface area contributed by atoms with Gasteiger partial charge in [-0.2, -0.15) is 0 Å². The van der Waals surface area contributed by atoms with Crippen molar-refractivity contribution >= 4 is 10.8 Å². The summed E-state index contributed by atoms with van der Waals surface area (Å²) >= 11 is 0. The minimum absolute atomic E-state index is 0.243. The molecular formula is C9H21NO2S. The molecule has 0 aliphatic rings. The van der Waals surface area contributed by atoms with Crippen LogP contribution in [0.15, 0.2) is 0 Å². The average molecular weight is 207 g/mol. The predicted octanol–water partition coefficient (Wildman–Crippen LogP) is 0.770. The lowest BCUT2D eigenvalue weighted by molar-refractivity contribution is 0.145. The first-order valence-corrected chi connectivity index (χ1v) is 6.41. The van der Waals surface area contributed by atoms with Gasteiger partial charge in [0.25, 0.3) is 0 Å². The van der Waals surface area contributed by atoms with Crippen molar-refractivity contribution < 1.29 is 8.95 Å². The van der Waals surface area contributed by atoms with Crippen molar-refractivity contribution in [1.82, 2.24) is 5.32 Å². The third-order valence-electron chi connectivity index (χ3n) is 1.84. The van der Waals surface area contributed by atoms with Crippen molar-refractivity contribution in [2.45, 2.75) is 25.5 Å². The molecule has 1 N–H and O–H groups in total. The highest BCUT2D eigenvalue weighted by atomic mass is 32.2. The van der Waals surface area contributed by atoms with Crippen LogP contribution in [-0.2, 0) is 15.5 Å². The van der Waals surface area contributed by atoms with Crippen LogP contribution >= 0.6 is 0 Å². The molecule has 0 aromatic rings. The van der Waals surface area contributed by atoms with E-state index < -0.39 is 10.8 Å². The SMILES string of the molecule is CCOCCCNCC(C)S(C)=O. The zero-order chi connectivity index (χ0) is 10.1.